The van der Waals surface area contributed by atoms with Crippen molar-refractivity contribution in [1.82, 2.24) is 25.7 Å². The van der Waals surface area contributed by atoms with Crippen LogP contribution in [0.2, 0.25) is 0 Å². The summed E-state index contributed by atoms with van der Waals surface area (Å²) in [5, 5.41) is 13.4. The first kappa shape index (κ1) is 14.6. The van der Waals surface area contributed by atoms with Crippen LogP contribution in [-0.4, -0.2) is 32.8 Å². The lowest BCUT2D eigenvalue weighted by atomic mass is 10.1. The van der Waals surface area contributed by atoms with Gasteiger partial charge >= 0.3 is 0 Å². The van der Waals surface area contributed by atoms with Crippen LogP contribution in [0.25, 0.3) is 20.4 Å². The fourth-order valence-electron chi connectivity index (χ4n) is 2.28. The number of aryl methyl sites for hydroxylation is 1. The highest BCUT2D eigenvalue weighted by atomic mass is 32.1. The first-order valence-electron chi connectivity index (χ1n) is 7.05. The van der Waals surface area contributed by atoms with Gasteiger partial charge in [-0.15, -0.1) is 16.4 Å². The summed E-state index contributed by atoms with van der Waals surface area (Å²) < 4.78 is 0.436. The molecule has 8 heteroatoms. The lowest BCUT2D eigenvalue weighted by molar-refractivity contribution is 0.0954. The fourth-order valence-corrected chi connectivity index (χ4v) is 3.35. The van der Waals surface area contributed by atoms with E-state index in [1.807, 2.05) is 6.92 Å². The Labute approximate surface area is 129 Å². The number of thiophene rings is 1. The number of H-pyrrole nitrogens is 1. The van der Waals surface area contributed by atoms with Gasteiger partial charge in [0.1, 0.15) is 15.0 Å². The number of hydrogen-bond acceptors (Lipinski definition) is 6. The van der Waals surface area contributed by atoms with Gasteiger partial charge in [0, 0.05) is 12.2 Å². The first-order chi connectivity index (χ1) is 10.6. The number of nitrogens with one attached hydrogen (secondary N) is 2. The zero-order chi connectivity index (χ0) is 15.7. The third-order valence-corrected chi connectivity index (χ3v) is 4.40. The highest BCUT2D eigenvalue weighted by Crippen LogP contribution is 2.31. The van der Waals surface area contributed by atoms with Crippen molar-refractivity contribution in [2.45, 2.75) is 26.7 Å². The van der Waals surface area contributed by atoms with E-state index in [1.165, 1.54) is 11.3 Å². The average molecular weight is 317 g/mol. The van der Waals surface area contributed by atoms with Crippen LogP contribution in [0.3, 0.4) is 0 Å². The van der Waals surface area contributed by atoms with Crippen molar-refractivity contribution in [2.24, 2.45) is 0 Å². The van der Waals surface area contributed by atoms with Crippen LogP contribution in [-0.2, 0) is 0 Å². The second kappa shape index (κ2) is 5.80. The number of unbranched alkanes of at least 4 members (excludes halogenated alkanes) is 1. The molecule has 0 aliphatic rings. The van der Waals surface area contributed by atoms with Gasteiger partial charge in [0.25, 0.3) is 11.5 Å². The van der Waals surface area contributed by atoms with Gasteiger partial charge in [-0.25, -0.2) is 10.1 Å². The van der Waals surface area contributed by atoms with Crippen LogP contribution >= 0.6 is 11.3 Å². The van der Waals surface area contributed by atoms with Crippen molar-refractivity contribution in [3.05, 3.63) is 27.7 Å². The Bertz CT molecular complexity index is 915. The highest BCUT2D eigenvalue weighted by Gasteiger charge is 2.19. The number of rotatable bonds is 4. The van der Waals surface area contributed by atoms with E-state index in [4.69, 9.17) is 0 Å². The summed E-state index contributed by atoms with van der Waals surface area (Å²) in [5.74, 6) is -0.175. The molecule has 3 rings (SSSR count). The molecule has 0 aliphatic heterocycles. The van der Waals surface area contributed by atoms with E-state index in [2.05, 4.69) is 32.6 Å². The summed E-state index contributed by atoms with van der Waals surface area (Å²) in [6.45, 7) is 4.50. The first-order valence-corrected chi connectivity index (χ1v) is 7.87. The van der Waals surface area contributed by atoms with E-state index in [0.29, 0.717) is 32.5 Å². The van der Waals surface area contributed by atoms with Crippen molar-refractivity contribution in [2.75, 3.05) is 6.54 Å². The van der Waals surface area contributed by atoms with Gasteiger partial charge in [0.05, 0.1) is 10.9 Å². The molecule has 0 fully saturated rings. The van der Waals surface area contributed by atoms with Crippen molar-refractivity contribution in [3.8, 4) is 0 Å². The molecule has 1 amide bonds. The molecule has 0 unspecified atom stereocenters. The maximum atomic E-state index is 12.4. The van der Waals surface area contributed by atoms with Gasteiger partial charge in [0.2, 0.25) is 0 Å². The lowest BCUT2D eigenvalue weighted by Crippen LogP contribution is -2.24. The lowest BCUT2D eigenvalue weighted by Gasteiger charge is -2.06. The number of carbonyl (C=O) groups excluding carboxylic acids is 1. The molecule has 114 valence electrons. The number of fused-ring (bicyclic) bond motifs is 3. The van der Waals surface area contributed by atoms with E-state index in [0.717, 1.165) is 18.5 Å². The summed E-state index contributed by atoms with van der Waals surface area (Å²) in [4.78, 5) is 29.3. The molecule has 3 heterocycles. The van der Waals surface area contributed by atoms with Crippen molar-refractivity contribution in [1.29, 1.82) is 0 Å². The monoisotopic (exact) mass is 317 g/mol. The van der Waals surface area contributed by atoms with E-state index >= 15 is 0 Å². The Morgan fingerprint density at radius 1 is 1.45 bits per heavy atom. The number of carbonyl (C=O) groups is 1. The zero-order valence-electron chi connectivity index (χ0n) is 12.3. The van der Waals surface area contributed by atoms with Gasteiger partial charge in [-0.2, -0.15) is 0 Å². The predicted octanol–water partition coefficient (Wildman–Crippen LogP) is 1.77. The van der Waals surface area contributed by atoms with Crippen molar-refractivity contribution >= 4 is 37.7 Å². The minimum atomic E-state index is -0.317. The second-order valence-corrected chi connectivity index (χ2v) is 6.02. The highest BCUT2D eigenvalue weighted by molar-refractivity contribution is 7.25. The molecule has 0 spiro atoms. The van der Waals surface area contributed by atoms with Gasteiger partial charge in [-0.1, -0.05) is 18.6 Å². The standard InChI is InChI=1S/C14H15N5O2S/c1-3-4-5-15-12(20)8-6-7(2)16-14-9(8)10-11(22-14)13(21)18-19-17-10/h6H,3-5H2,1-2H3,(H,15,20)(H,17,18,21). The topological polar surface area (TPSA) is 101 Å². The van der Waals surface area contributed by atoms with E-state index in [1.54, 1.807) is 6.07 Å². The molecular formula is C14H15N5O2S. The van der Waals surface area contributed by atoms with Crippen LogP contribution in [0.15, 0.2) is 10.9 Å². The molecule has 7 nitrogen and oxygen atoms in total. The smallest absolute Gasteiger partial charge is 0.285 e. The van der Waals surface area contributed by atoms with Gasteiger partial charge in [-0.05, 0) is 19.4 Å². The third-order valence-electron chi connectivity index (χ3n) is 3.33. The largest absolute Gasteiger partial charge is 0.352 e. The van der Waals surface area contributed by atoms with Gasteiger partial charge in [0.15, 0.2) is 0 Å². The zero-order valence-corrected chi connectivity index (χ0v) is 13.1. The SMILES string of the molecule is CCCCNC(=O)c1cc(C)nc2sc3c(=O)[nH]nnc3c12. The van der Waals surface area contributed by atoms with Gasteiger partial charge < -0.3 is 5.32 Å². The fraction of sp³-hybridized carbons (Fsp3) is 0.357. The number of amides is 1. The Kier molecular flexibility index (Phi) is 3.84. The summed E-state index contributed by atoms with van der Waals surface area (Å²) in [6.07, 6.45) is 1.93. The molecule has 0 saturated carbocycles. The number of aromatic amines is 1. The van der Waals surface area contributed by atoms with E-state index in [9.17, 15) is 9.59 Å². The molecule has 3 aromatic rings. The van der Waals surface area contributed by atoms with Crippen LogP contribution in [0.1, 0.15) is 35.8 Å². The Morgan fingerprint density at radius 3 is 3.05 bits per heavy atom. The molecule has 0 radical (unpaired) electrons. The van der Waals surface area contributed by atoms with Crippen LogP contribution in [0.4, 0.5) is 0 Å². The third kappa shape index (κ3) is 2.45. The Hall–Kier alpha value is -2.35. The maximum absolute atomic E-state index is 12.4. The molecule has 3 aromatic heterocycles. The molecule has 0 atom stereocenters. The van der Waals surface area contributed by atoms with Crippen LogP contribution < -0.4 is 10.9 Å². The summed E-state index contributed by atoms with van der Waals surface area (Å²) in [5.41, 5.74) is 1.33. The molecule has 0 aliphatic carbocycles. The molecule has 0 saturated heterocycles. The average Bonchev–Trinajstić information content (AvgIpc) is 2.86. The number of pyridine rings is 1. The molecule has 0 aromatic carbocycles. The predicted molar refractivity (Wildman–Crippen MR) is 85.3 cm³/mol. The Morgan fingerprint density at radius 2 is 2.27 bits per heavy atom. The number of nitrogens with zero attached hydrogens (tertiary/aromatic N) is 3. The summed E-state index contributed by atoms with van der Waals surface area (Å²) >= 11 is 1.23. The van der Waals surface area contributed by atoms with Crippen LogP contribution in [0, 0.1) is 6.92 Å². The summed E-state index contributed by atoms with van der Waals surface area (Å²) in [6, 6.07) is 1.72. The van der Waals surface area contributed by atoms with Gasteiger partial charge in [-0.3, -0.25) is 9.59 Å². The van der Waals surface area contributed by atoms with Crippen LogP contribution in [0.5, 0.6) is 0 Å². The van der Waals surface area contributed by atoms with E-state index < -0.39 is 0 Å². The summed E-state index contributed by atoms with van der Waals surface area (Å²) in [7, 11) is 0. The Balaban J connectivity index is 2.20. The number of hydrogen-bond donors (Lipinski definition) is 2. The molecule has 0 bridgehead atoms. The molecular weight excluding hydrogens is 302 g/mol. The normalized spacial score (nSPS) is 11.2. The molecule has 2 N–H and O–H groups in total. The van der Waals surface area contributed by atoms with Crippen molar-refractivity contribution < 1.29 is 4.79 Å². The maximum Gasteiger partial charge on any atom is 0.285 e. The van der Waals surface area contributed by atoms with Crippen molar-refractivity contribution in [3.63, 3.8) is 0 Å². The molecule has 22 heavy (non-hydrogen) atoms. The minimum Gasteiger partial charge on any atom is -0.352 e. The number of aromatic nitrogens is 4. The quantitative estimate of drug-likeness (QED) is 0.714. The second-order valence-electron chi connectivity index (χ2n) is 5.02. The van der Waals surface area contributed by atoms with E-state index in [-0.39, 0.29) is 11.5 Å². The minimum absolute atomic E-state index is 0.175.